The lowest BCUT2D eigenvalue weighted by molar-refractivity contribution is -0.161. The van der Waals surface area contributed by atoms with Crippen molar-refractivity contribution in [3.05, 3.63) is 182 Å². The number of allylic oxidation sites excluding steroid dienone is 30. The molecule has 5 unspecified atom stereocenters. The number of phosphoric acid groups is 2. The Bertz CT molecular complexity index is 2570. The summed E-state index contributed by atoms with van der Waals surface area (Å²) in [7, 11) is -9.84. The highest BCUT2D eigenvalue weighted by Gasteiger charge is 2.29. The number of ether oxygens (including phenoxy) is 3. The van der Waals surface area contributed by atoms with E-state index in [1.807, 2.05) is 18.2 Å². The van der Waals surface area contributed by atoms with Gasteiger partial charge < -0.3 is 34.2 Å². The first kappa shape index (κ1) is 95.6. The number of rotatable bonds is 70. The van der Waals surface area contributed by atoms with E-state index in [0.29, 0.717) is 25.7 Å². The molecular formula is C83H134O16P2. The largest absolute Gasteiger partial charge is 0.472 e. The number of aliphatic hydroxyl groups is 2. The van der Waals surface area contributed by atoms with Gasteiger partial charge in [0, 0.05) is 19.3 Å². The summed E-state index contributed by atoms with van der Waals surface area (Å²) in [6.07, 6.45) is 95.3. The SMILES string of the molecule is CC/C=C\C/C=C\C/C=C\C/C=C\C/C=C\C/C=C\CCC(=O)OCC(COP(=O)(O)OCC(O)COP(=O)(O)OCC(O)COC(=O)CCCCCCCCCCCCC/C=C\C/C=C\C/C=C\C/C=C\CCCCC)OC(=O)CCCCC/C=C\C/C=C\C/C=C\C/C=C\C/C=C\CC. The standard InChI is InChI=1S/C83H134O16P2/c1-4-7-10-13-16-19-22-25-28-31-34-35-36-37-38-39-40-41-44-46-48-51-54-57-60-63-66-69-81(86)93-72-78(84)73-95-100(89,90)96-74-79(85)75-97-101(91,92)98-77-80(99-83(88)71-68-65-62-59-56-53-50-47-43-33-30-27-24-21-18-15-12-9-6-3)76-94-82(87)70-67-64-61-58-55-52-49-45-42-32-29-26-23-20-17-14-11-8-5-2/h8-9,11-12,16-21,25-30,34-35,37-38,42-43,45,47,52-53,55-56,61,64,78-80,84-85H,4-7,10,13-15,22-24,31-33,36,39-41,44,46,48-51,54,57-60,62-63,65-77H2,1-3H3,(H,89,90)(H,91,92)/b11-8-,12-9-,19-16-,20-17-,21-18-,28-25-,29-26-,30-27-,35-34-,38-37-,45-42-,47-43-,55-52-,56-53-,64-61-. The molecule has 18 heteroatoms. The van der Waals surface area contributed by atoms with Gasteiger partial charge in [-0.3, -0.25) is 32.5 Å². The van der Waals surface area contributed by atoms with Crippen molar-refractivity contribution in [2.24, 2.45) is 0 Å². The van der Waals surface area contributed by atoms with Gasteiger partial charge in [-0.1, -0.05) is 280 Å². The molecule has 572 valence electrons. The summed E-state index contributed by atoms with van der Waals surface area (Å²) in [5.74, 6) is -1.73. The quantitative estimate of drug-likeness (QED) is 0.0146. The van der Waals surface area contributed by atoms with Crippen LogP contribution in [0.1, 0.15) is 265 Å². The van der Waals surface area contributed by atoms with E-state index >= 15 is 0 Å². The lowest BCUT2D eigenvalue weighted by Gasteiger charge is -2.21. The van der Waals surface area contributed by atoms with Crippen LogP contribution in [0.15, 0.2) is 182 Å². The first-order chi connectivity index (χ1) is 49.2. The predicted octanol–water partition coefficient (Wildman–Crippen LogP) is 22.2. The first-order valence-corrected chi connectivity index (χ1v) is 41.1. The molecule has 0 radical (unpaired) electrons. The molecule has 4 N–H and O–H groups in total. The van der Waals surface area contributed by atoms with Crippen LogP contribution < -0.4 is 0 Å². The third-order valence-electron chi connectivity index (χ3n) is 15.1. The summed E-state index contributed by atoms with van der Waals surface area (Å²) in [5, 5.41) is 20.6. The summed E-state index contributed by atoms with van der Waals surface area (Å²) in [6.45, 7) is 2.26. The van der Waals surface area contributed by atoms with Crippen molar-refractivity contribution in [1.29, 1.82) is 0 Å². The molecule has 0 fully saturated rings. The summed E-state index contributed by atoms with van der Waals surface area (Å²) >= 11 is 0. The lowest BCUT2D eigenvalue weighted by atomic mass is 10.0. The van der Waals surface area contributed by atoms with Crippen LogP contribution in [-0.2, 0) is 55.8 Å². The maximum atomic E-state index is 13.0. The van der Waals surface area contributed by atoms with Gasteiger partial charge in [-0.15, -0.1) is 0 Å². The monoisotopic (exact) mass is 1450 g/mol. The second-order valence-corrected chi connectivity index (χ2v) is 27.6. The van der Waals surface area contributed by atoms with E-state index in [2.05, 4.69) is 185 Å². The number of aliphatic hydroxyl groups excluding tert-OH is 2. The van der Waals surface area contributed by atoms with Crippen molar-refractivity contribution in [3.8, 4) is 0 Å². The van der Waals surface area contributed by atoms with E-state index in [9.17, 15) is 43.5 Å². The minimum atomic E-state index is -4.96. The van der Waals surface area contributed by atoms with Crippen LogP contribution in [0.2, 0.25) is 0 Å². The molecule has 0 aliphatic rings. The topological polar surface area (TPSA) is 231 Å². The molecular weight excluding hydrogens is 1310 g/mol. The Hall–Kier alpha value is -5.35. The first-order valence-electron chi connectivity index (χ1n) is 38.1. The number of unbranched alkanes of at least 4 members (excludes halogenated alkanes) is 17. The van der Waals surface area contributed by atoms with Crippen molar-refractivity contribution in [2.75, 3.05) is 39.6 Å². The van der Waals surface area contributed by atoms with Gasteiger partial charge >= 0.3 is 33.6 Å². The molecule has 0 saturated carbocycles. The third-order valence-corrected chi connectivity index (χ3v) is 17.0. The van der Waals surface area contributed by atoms with Crippen molar-refractivity contribution in [1.82, 2.24) is 0 Å². The van der Waals surface area contributed by atoms with E-state index in [4.69, 9.17) is 32.3 Å². The molecule has 0 bridgehead atoms. The summed E-state index contributed by atoms with van der Waals surface area (Å²) < 4.78 is 61.0. The zero-order valence-electron chi connectivity index (χ0n) is 62.2. The number of carbonyl (C=O) groups excluding carboxylic acids is 3. The van der Waals surface area contributed by atoms with Gasteiger partial charge in [0.2, 0.25) is 0 Å². The molecule has 0 saturated heterocycles. The van der Waals surface area contributed by atoms with Gasteiger partial charge in [0.1, 0.15) is 25.4 Å². The molecule has 0 aromatic rings. The molecule has 0 aliphatic carbocycles. The van der Waals surface area contributed by atoms with Crippen LogP contribution in [-0.4, -0.2) is 95.9 Å². The highest BCUT2D eigenvalue weighted by atomic mass is 31.2. The number of hydrogen-bond donors (Lipinski definition) is 4. The van der Waals surface area contributed by atoms with Crippen LogP contribution in [0.3, 0.4) is 0 Å². The van der Waals surface area contributed by atoms with Crippen molar-refractivity contribution in [2.45, 2.75) is 283 Å². The minimum Gasteiger partial charge on any atom is -0.463 e. The van der Waals surface area contributed by atoms with Crippen LogP contribution >= 0.6 is 15.6 Å². The van der Waals surface area contributed by atoms with Gasteiger partial charge in [-0.2, -0.15) is 0 Å². The highest BCUT2D eigenvalue weighted by Crippen LogP contribution is 2.45. The fourth-order valence-electron chi connectivity index (χ4n) is 9.37. The Balaban J connectivity index is 4.71. The van der Waals surface area contributed by atoms with Crippen molar-refractivity contribution in [3.63, 3.8) is 0 Å². The van der Waals surface area contributed by atoms with Crippen LogP contribution in [0.5, 0.6) is 0 Å². The second kappa shape index (κ2) is 74.4. The Morgan fingerprint density at radius 1 is 0.287 bits per heavy atom. The minimum absolute atomic E-state index is 0.0298. The van der Waals surface area contributed by atoms with Gasteiger partial charge in [-0.25, -0.2) is 9.13 Å². The predicted molar refractivity (Wildman–Crippen MR) is 417 cm³/mol. The smallest absolute Gasteiger partial charge is 0.463 e. The molecule has 0 amide bonds. The number of phosphoric ester groups is 2. The zero-order chi connectivity index (χ0) is 73.7. The molecule has 0 heterocycles. The van der Waals surface area contributed by atoms with Gasteiger partial charge in [0.15, 0.2) is 6.10 Å². The highest BCUT2D eigenvalue weighted by molar-refractivity contribution is 7.47. The lowest BCUT2D eigenvalue weighted by Crippen LogP contribution is -2.30. The molecule has 0 aliphatic heterocycles. The summed E-state index contributed by atoms with van der Waals surface area (Å²) in [5.41, 5.74) is 0. The Morgan fingerprint density at radius 3 is 0.901 bits per heavy atom. The van der Waals surface area contributed by atoms with Crippen LogP contribution in [0.25, 0.3) is 0 Å². The molecule has 0 spiro atoms. The molecule has 5 atom stereocenters. The number of carbonyl (C=O) groups is 3. The molecule has 0 rings (SSSR count). The Labute approximate surface area is 611 Å². The summed E-state index contributed by atoms with van der Waals surface area (Å²) in [6, 6.07) is 0. The fraction of sp³-hybridized carbons (Fsp3) is 0.602. The second-order valence-electron chi connectivity index (χ2n) is 24.7. The van der Waals surface area contributed by atoms with E-state index in [0.717, 1.165) is 135 Å². The van der Waals surface area contributed by atoms with E-state index < -0.39 is 91.5 Å². The number of hydrogen-bond acceptors (Lipinski definition) is 14. The van der Waals surface area contributed by atoms with E-state index in [-0.39, 0.29) is 19.3 Å². The van der Waals surface area contributed by atoms with Crippen molar-refractivity contribution >= 4 is 33.6 Å². The fourth-order valence-corrected chi connectivity index (χ4v) is 11.0. The average Bonchev–Trinajstić information content (AvgIpc) is 1.17. The molecule has 0 aromatic heterocycles. The van der Waals surface area contributed by atoms with Crippen molar-refractivity contribution < 1.29 is 75.8 Å². The van der Waals surface area contributed by atoms with Gasteiger partial charge in [-0.05, 0) is 148 Å². The third kappa shape index (κ3) is 75.6. The van der Waals surface area contributed by atoms with E-state index in [1.54, 1.807) is 0 Å². The number of esters is 3. The summed E-state index contributed by atoms with van der Waals surface area (Å²) in [4.78, 5) is 58.6. The maximum Gasteiger partial charge on any atom is 0.472 e. The van der Waals surface area contributed by atoms with Crippen LogP contribution in [0, 0.1) is 0 Å². The Kier molecular flexibility index (Phi) is 70.4. The van der Waals surface area contributed by atoms with E-state index in [1.165, 1.54) is 64.2 Å². The van der Waals surface area contributed by atoms with Gasteiger partial charge in [0.25, 0.3) is 0 Å². The molecule has 0 aromatic carbocycles. The maximum absolute atomic E-state index is 13.0. The van der Waals surface area contributed by atoms with Crippen LogP contribution in [0.4, 0.5) is 0 Å². The molecule has 16 nitrogen and oxygen atoms in total. The van der Waals surface area contributed by atoms with Gasteiger partial charge in [0.05, 0.1) is 26.4 Å². The average molecular weight is 1450 g/mol. The Morgan fingerprint density at radius 2 is 0.545 bits per heavy atom. The molecule has 101 heavy (non-hydrogen) atoms. The normalized spacial score (nSPS) is 15.0. The zero-order valence-corrected chi connectivity index (χ0v) is 64.0.